The minimum atomic E-state index is 0.0523. The number of aromatic hydroxyl groups is 1. The first-order valence-corrected chi connectivity index (χ1v) is 7.19. The van der Waals surface area contributed by atoms with Gasteiger partial charge in [0.1, 0.15) is 0 Å². The van der Waals surface area contributed by atoms with E-state index in [1.54, 1.807) is 48.7 Å². The predicted molar refractivity (Wildman–Crippen MR) is 91.2 cm³/mol. The fourth-order valence-corrected chi connectivity index (χ4v) is 2.06. The largest absolute Gasteiger partial charge is 0.504 e. The Labute approximate surface area is 135 Å². The van der Waals surface area contributed by atoms with Crippen molar-refractivity contribution >= 4 is 17.7 Å². The minimum absolute atomic E-state index is 0.0523. The molecule has 0 amide bonds. The fraction of sp³-hybridized carbons (Fsp3) is 0.222. The summed E-state index contributed by atoms with van der Waals surface area (Å²) in [7, 11) is 5.22. The van der Waals surface area contributed by atoms with E-state index < -0.39 is 0 Å². The van der Waals surface area contributed by atoms with Crippen molar-refractivity contribution in [2.75, 3.05) is 27.7 Å². The van der Waals surface area contributed by atoms with Crippen LogP contribution in [0.25, 0.3) is 0 Å². The van der Waals surface area contributed by atoms with Crippen LogP contribution in [0, 0.1) is 0 Å². The van der Waals surface area contributed by atoms with Crippen LogP contribution in [0.4, 0.5) is 5.69 Å². The van der Waals surface area contributed by atoms with Crippen LogP contribution in [0.5, 0.6) is 11.5 Å². The molecule has 2 aromatic carbocycles. The topological polar surface area (TPSA) is 62.1 Å². The highest BCUT2D eigenvalue weighted by Crippen LogP contribution is 2.28. The van der Waals surface area contributed by atoms with Gasteiger partial charge in [-0.25, -0.2) is 0 Å². The van der Waals surface area contributed by atoms with Crippen molar-refractivity contribution < 1.29 is 14.6 Å². The van der Waals surface area contributed by atoms with E-state index in [0.29, 0.717) is 29.1 Å². The van der Waals surface area contributed by atoms with Gasteiger partial charge in [0.05, 0.1) is 19.3 Å². The Morgan fingerprint density at radius 1 is 1.22 bits per heavy atom. The van der Waals surface area contributed by atoms with Crippen LogP contribution in [0.1, 0.15) is 15.9 Å². The van der Waals surface area contributed by atoms with Gasteiger partial charge in [-0.3, -0.25) is 9.79 Å². The summed E-state index contributed by atoms with van der Waals surface area (Å²) in [6.45, 7) is 0.375. The van der Waals surface area contributed by atoms with Crippen molar-refractivity contribution in [3.8, 4) is 11.5 Å². The van der Waals surface area contributed by atoms with Gasteiger partial charge in [0.25, 0.3) is 0 Å². The second-order valence-electron chi connectivity index (χ2n) is 5.36. The molecule has 0 heterocycles. The molecule has 0 aliphatic heterocycles. The predicted octanol–water partition coefficient (Wildman–Crippen LogP) is 2.90. The van der Waals surface area contributed by atoms with Gasteiger partial charge in [0, 0.05) is 17.3 Å². The first-order chi connectivity index (χ1) is 11.0. The van der Waals surface area contributed by atoms with Gasteiger partial charge < -0.3 is 14.7 Å². The first-order valence-electron chi connectivity index (χ1n) is 7.19. The number of nitrogens with zero attached hydrogens (tertiary/aromatic N) is 2. The van der Waals surface area contributed by atoms with E-state index in [-0.39, 0.29) is 11.5 Å². The van der Waals surface area contributed by atoms with Gasteiger partial charge >= 0.3 is 0 Å². The second-order valence-corrected chi connectivity index (χ2v) is 5.36. The van der Waals surface area contributed by atoms with Crippen LogP contribution < -0.4 is 4.74 Å². The Kier molecular flexibility index (Phi) is 5.49. The highest BCUT2D eigenvalue weighted by molar-refractivity contribution is 5.98. The van der Waals surface area contributed by atoms with Gasteiger partial charge in [-0.2, -0.15) is 0 Å². The average molecular weight is 312 g/mol. The van der Waals surface area contributed by atoms with Crippen LogP contribution in [0.2, 0.25) is 0 Å². The standard InChI is InChI=1S/C18H20N2O3/c1-20(2)12-16(21)13-7-9-15(10-8-13)19-11-14-5-4-6-17(23-3)18(14)22/h4-11,22H,12H2,1-3H3. The Bertz CT molecular complexity index is 707. The number of carbonyl (C=O) groups is 1. The molecule has 0 saturated carbocycles. The number of ketones is 1. The number of aliphatic imine (C=N–C) groups is 1. The van der Waals surface area contributed by atoms with Crippen molar-refractivity contribution in [1.29, 1.82) is 0 Å². The zero-order valence-electron chi connectivity index (χ0n) is 13.5. The summed E-state index contributed by atoms with van der Waals surface area (Å²) in [5.41, 5.74) is 1.92. The van der Waals surface area contributed by atoms with E-state index >= 15 is 0 Å². The molecule has 0 aliphatic carbocycles. The van der Waals surface area contributed by atoms with Crippen LogP contribution >= 0.6 is 0 Å². The molecule has 0 spiro atoms. The quantitative estimate of drug-likeness (QED) is 0.658. The van der Waals surface area contributed by atoms with Gasteiger partial charge in [-0.15, -0.1) is 0 Å². The summed E-state index contributed by atoms with van der Waals surface area (Å²) < 4.78 is 5.06. The lowest BCUT2D eigenvalue weighted by molar-refractivity contribution is 0.0958. The molecule has 23 heavy (non-hydrogen) atoms. The first kappa shape index (κ1) is 16.7. The number of hydrogen-bond donors (Lipinski definition) is 1. The monoisotopic (exact) mass is 312 g/mol. The molecular weight excluding hydrogens is 292 g/mol. The third-order valence-corrected chi connectivity index (χ3v) is 3.25. The van der Waals surface area contributed by atoms with Crippen molar-refractivity contribution in [3.63, 3.8) is 0 Å². The molecule has 0 saturated heterocycles. The molecule has 0 aromatic heterocycles. The maximum Gasteiger partial charge on any atom is 0.176 e. The zero-order valence-corrected chi connectivity index (χ0v) is 13.5. The van der Waals surface area contributed by atoms with Crippen LogP contribution in [-0.4, -0.2) is 49.8 Å². The van der Waals surface area contributed by atoms with E-state index in [1.165, 1.54) is 7.11 Å². The highest BCUT2D eigenvalue weighted by Gasteiger charge is 2.07. The zero-order chi connectivity index (χ0) is 16.8. The Morgan fingerprint density at radius 3 is 2.52 bits per heavy atom. The molecule has 2 aromatic rings. The molecule has 120 valence electrons. The lowest BCUT2D eigenvalue weighted by Gasteiger charge is -2.08. The molecule has 0 atom stereocenters. The van der Waals surface area contributed by atoms with Gasteiger partial charge in [0.2, 0.25) is 0 Å². The number of likely N-dealkylation sites (N-methyl/N-ethyl adjacent to an activating group) is 1. The molecular formula is C18H20N2O3. The highest BCUT2D eigenvalue weighted by atomic mass is 16.5. The van der Waals surface area contributed by atoms with E-state index in [9.17, 15) is 9.90 Å². The molecule has 1 N–H and O–H groups in total. The van der Waals surface area contributed by atoms with Crippen molar-refractivity contribution in [2.45, 2.75) is 0 Å². The number of carbonyl (C=O) groups excluding carboxylic acids is 1. The number of Topliss-reactive ketones (excluding diaryl/α,β-unsaturated/α-hetero) is 1. The van der Waals surface area contributed by atoms with Crippen molar-refractivity contribution in [2.24, 2.45) is 4.99 Å². The Balaban J connectivity index is 2.13. The molecule has 0 fully saturated rings. The van der Waals surface area contributed by atoms with E-state index in [0.717, 1.165) is 0 Å². The number of methoxy groups -OCH3 is 1. The SMILES string of the molecule is COc1cccc(C=Nc2ccc(C(=O)CN(C)C)cc2)c1O. The maximum absolute atomic E-state index is 11.9. The number of hydrogen-bond acceptors (Lipinski definition) is 5. The summed E-state index contributed by atoms with van der Waals surface area (Å²) in [6.07, 6.45) is 1.56. The molecule has 5 nitrogen and oxygen atoms in total. The summed E-state index contributed by atoms with van der Waals surface area (Å²) in [5.74, 6) is 0.520. The lowest BCUT2D eigenvalue weighted by atomic mass is 10.1. The number of ether oxygens (including phenoxy) is 1. The maximum atomic E-state index is 11.9. The Morgan fingerprint density at radius 2 is 1.91 bits per heavy atom. The van der Waals surface area contributed by atoms with Crippen LogP contribution in [0.3, 0.4) is 0 Å². The van der Waals surface area contributed by atoms with E-state index in [2.05, 4.69) is 4.99 Å². The smallest absolute Gasteiger partial charge is 0.176 e. The lowest BCUT2D eigenvalue weighted by Crippen LogP contribution is -2.21. The number of phenolic OH excluding ortho intramolecular Hbond substituents is 1. The Hall–Kier alpha value is -2.66. The van der Waals surface area contributed by atoms with Gasteiger partial charge in [-0.05, 0) is 50.5 Å². The fourth-order valence-electron chi connectivity index (χ4n) is 2.06. The molecule has 0 unspecified atom stereocenters. The summed E-state index contributed by atoms with van der Waals surface area (Å²) in [4.78, 5) is 18.1. The normalized spacial score (nSPS) is 11.1. The van der Waals surface area contributed by atoms with Crippen LogP contribution in [-0.2, 0) is 0 Å². The average Bonchev–Trinajstić information content (AvgIpc) is 2.53. The second kappa shape index (κ2) is 7.56. The van der Waals surface area contributed by atoms with Crippen LogP contribution in [0.15, 0.2) is 47.5 Å². The summed E-state index contributed by atoms with van der Waals surface area (Å²) >= 11 is 0. The van der Waals surface area contributed by atoms with Crippen molar-refractivity contribution in [3.05, 3.63) is 53.6 Å². The number of benzene rings is 2. The van der Waals surface area contributed by atoms with Gasteiger partial charge in [0.15, 0.2) is 17.3 Å². The van der Waals surface area contributed by atoms with Gasteiger partial charge in [-0.1, -0.05) is 6.07 Å². The molecule has 2 rings (SSSR count). The number of rotatable bonds is 6. The summed E-state index contributed by atoms with van der Waals surface area (Å²) in [5, 5.41) is 10.0. The molecule has 0 bridgehead atoms. The molecule has 5 heteroatoms. The summed E-state index contributed by atoms with van der Waals surface area (Å²) in [6, 6.07) is 12.3. The number of phenols is 1. The number of para-hydroxylation sites is 1. The van der Waals surface area contributed by atoms with E-state index in [1.807, 2.05) is 19.0 Å². The van der Waals surface area contributed by atoms with E-state index in [4.69, 9.17) is 4.74 Å². The third kappa shape index (κ3) is 4.40. The minimum Gasteiger partial charge on any atom is -0.504 e. The van der Waals surface area contributed by atoms with Crippen molar-refractivity contribution in [1.82, 2.24) is 4.90 Å². The molecule has 0 radical (unpaired) electrons. The molecule has 0 aliphatic rings. The third-order valence-electron chi connectivity index (χ3n) is 3.25.